The number of hydrogen-bond donors (Lipinski definition) is 1. The summed E-state index contributed by atoms with van der Waals surface area (Å²) in [5.41, 5.74) is 0.538. The molecule has 0 atom stereocenters. The Labute approximate surface area is 117 Å². The van der Waals surface area contributed by atoms with Crippen LogP contribution in [0.15, 0.2) is 0 Å². The molecule has 1 saturated carbocycles. The van der Waals surface area contributed by atoms with E-state index in [9.17, 15) is 8.42 Å². The van der Waals surface area contributed by atoms with Crippen LogP contribution in [-0.4, -0.2) is 38.7 Å². The Bertz CT molecular complexity index is 373. The van der Waals surface area contributed by atoms with E-state index in [1.54, 1.807) is 0 Å². The van der Waals surface area contributed by atoms with E-state index in [-0.39, 0.29) is 5.75 Å². The lowest BCUT2D eigenvalue weighted by Crippen LogP contribution is -2.43. The van der Waals surface area contributed by atoms with Crippen LogP contribution in [-0.2, 0) is 10.0 Å². The molecule has 0 bridgehead atoms. The van der Waals surface area contributed by atoms with Crippen molar-refractivity contribution in [1.29, 1.82) is 0 Å². The minimum absolute atomic E-state index is 0.122. The fourth-order valence-electron chi connectivity index (χ4n) is 3.88. The maximum atomic E-state index is 11.0. The molecule has 5 heteroatoms. The first kappa shape index (κ1) is 15.3. The first-order chi connectivity index (χ1) is 8.99. The van der Waals surface area contributed by atoms with Gasteiger partial charge < -0.3 is 4.90 Å². The van der Waals surface area contributed by atoms with E-state index in [1.807, 2.05) is 0 Å². The molecule has 1 heterocycles. The molecule has 19 heavy (non-hydrogen) atoms. The van der Waals surface area contributed by atoms with Crippen molar-refractivity contribution < 1.29 is 8.42 Å². The molecule has 2 fully saturated rings. The molecular weight excluding hydrogens is 260 g/mol. The van der Waals surface area contributed by atoms with Gasteiger partial charge in [-0.3, -0.25) is 0 Å². The van der Waals surface area contributed by atoms with Crippen molar-refractivity contribution >= 4 is 10.0 Å². The van der Waals surface area contributed by atoms with Crippen LogP contribution in [0.2, 0.25) is 0 Å². The second kappa shape index (κ2) is 6.55. The molecule has 4 nitrogen and oxygen atoms in total. The van der Waals surface area contributed by atoms with Gasteiger partial charge in [0.25, 0.3) is 0 Å². The van der Waals surface area contributed by atoms with Gasteiger partial charge in [0.15, 0.2) is 0 Å². The topological polar surface area (TPSA) is 63.4 Å². The molecule has 1 saturated heterocycles. The number of nitrogens with zero attached hydrogens (tertiary/aromatic N) is 1. The summed E-state index contributed by atoms with van der Waals surface area (Å²) >= 11 is 0. The van der Waals surface area contributed by atoms with Crippen LogP contribution in [0, 0.1) is 5.41 Å². The minimum Gasteiger partial charge on any atom is -0.303 e. The number of hydrogen-bond acceptors (Lipinski definition) is 3. The summed E-state index contributed by atoms with van der Waals surface area (Å²) in [6, 6.07) is 0. The molecule has 2 N–H and O–H groups in total. The number of piperidine rings is 1. The summed E-state index contributed by atoms with van der Waals surface area (Å²) in [7, 11) is -3.29. The van der Waals surface area contributed by atoms with Gasteiger partial charge in [0.2, 0.25) is 10.0 Å². The van der Waals surface area contributed by atoms with Gasteiger partial charge >= 0.3 is 0 Å². The van der Waals surface area contributed by atoms with E-state index >= 15 is 0 Å². The molecule has 2 aliphatic rings. The molecule has 0 aromatic heterocycles. The van der Waals surface area contributed by atoms with E-state index in [2.05, 4.69) is 4.90 Å². The van der Waals surface area contributed by atoms with Crippen LogP contribution in [0.25, 0.3) is 0 Å². The molecule has 0 unspecified atom stereocenters. The lowest BCUT2D eigenvalue weighted by Gasteiger charge is -2.43. The normalized spacial score (nSPS) is 25.3. The zero-order valence-corrected chi connectivity index (χ0v) is 12.8. The summed E-state index contributed by atoms with van der Waals surface area (Å²) < 4.78 is 21.9. The van der Waals surface area contributed by atoms with Crippen molar-refractivity contribution in [1.82, 2.24) is 4.90 Å². The SMILES string of the molecule is NS(=O)(=O)CCCN1CCCC2(CCCCCC2)C1. The van der Waals surface area contributed by atoms with Gasteiger partial charge in [0.05, 0.1) is 5.75 Å². The van der Waals surface area contributed by atoms with Gasteiger partial charge in [-0.15, -0.1) is 0 Å². The van der Waals surface area contributed by atoms with Gasteiger partial charge in [-0.1, -0.05) is 25.7 Å². The third-order valence-electron chi connectivity index (χ3n) is 4.81. The number of primary sulfonamides is 1. The maximum absolute atomic E-state index is 11.0. The standard InChI is InChI=1S/C14H28N2O2S/c15-19(17,18)12-6-11-16-10-5-9-14(13-16)7-3-1-2-4-8-14/h1-13H2,(H2,15,17,18). The Balaban J connectivity index is 1.82. The van der Waals surface area contributed by atoms with Gasteiger partial charge in [-0.05, 0) is 50.6 Å². The molecule has 0 aromatic rings. The summed E-state index contributed by atoms with van der Waals surface area (Å²) in [6.07, 6.45) is 11.6. The van der Waals surface area contributed by atoms with Crippen molar-refractivity contribution in [2.24, 2.45) is 10.6 Å². The fraction of sp³-hybridized carbons (Fsp3) is 1.00. The average molecular weight is 288 g/mol. The lowest BCUT2D eigenvalue weighted by molar-refractivity contribution is 0.0739. The smallest absolute Gasteiger partial charge is 0.209 e. The van der Waals surface area contributed by atoms with Crippen LogP contribution < -0.4 is 5.14 Å². The molecular formula is C14H28N2O2S. The second-order valence-corrected chi connectivity index (χ2v) is 8.25. The maximum Gasteiger partial charge on any atom is 0.209 e. The van der Waals surface area contributed by atoms with Crippen molar-refractivity contribution in [2.45, 2.75) is 57.8 Å². The van der Waals surface area contributed by atoms with Crippen molar-refractivity contribution in [3.63, 3.8) is 0 Å². The third-order valence-corrected chi connectivity index (χ3v) is 5.67. The highest BCUT2D eigenvalue weighted by Gasteiger charge is 2.35. The highest BCUT2D eigenvalue weighted by atomic mass is 32.2. The monoisotopic (exact) mass is 288 g/mol. The van der Waals surface area contributed by atoms with E-state index in [1.165, 1.54) is 57.9 Å². The van der Waals surface area contributed by atoms with Crippen LogP contribution in [0.3, 0.4) is 0 Å². The number of rotatable bonds is 4. The Hall–Kier alpha value is -0.130. The predicted octanol–water partition coefficient (Wildman–Crippen LogP) is 2.10. The van der Waals surface area contributed by atoms with Crippen LogP contribution in [0.1, 0.15) is 57.8 Å². The van der Waals surface area contributed by atoms with Crippen LogP contribution in [0.5, 0.6) is 0 Å². The summed E-state index contributed by atoms with van der Waals surface area (Å²) in [4.78, 5) is 2.47. The van der Waals surface area contributed by atoms with Crippen LogP contribution in [0.4, 0.5) is 0 Å². The molecule has 1 aliphatic heterocycles. The predicted molar refractivity (Wildman–Crippen MR) is 78.4 cm³/mol. The van der Waals surface area contributed by atoms with Crippen molar-refractivity contribution in [3.8, 4) is 0 Å². The molecule has 0 aromatic carbocycles. The average Bonchev–Trinajstić information content (AvgIpc) is 2.54. The van der Waals surface area contributed by atoms with Gasteiger partial charge in [-0.2, -0.15) is 0 Å². The summed E-state index contributed by atoms with van der Waals surface area (Å²) in [5.74, 6) is 0.122. The van der Waals surface area contributed by atoms with E-state index in [4.69, 9.17) is 5.14 Å². The lowest BCUT2D eigenvalue weighted by atomic mass is 9.74. The first-order valence-electron chi connectivity index (χ1n) is 7.72. The Morgan fingerprint density at radius 1 is 1.00 bits per heavy atom. The van der Waals surface area contributed by atoms with E-state index < -0.39 is 10.0 Å². The quantitative estimate of drug-likeness (QED) is 0.861. The van der Waals surface area contributed by atoms with Crippen molar-refractivity contribution in [3.05, 3.63) is 0 Å². The highest BCUT2D eigenvalue weighted by Crippen LogP contribution is 2.42. The molecule has 1 spiro atoms. The number of sulfonamides is 1. The summed E-state index contributed by atoms with van der Waals surface area (Å²) in [5, 5.41) is 5.06. The Morgan fingerprint density at radius 3 is 2.26 bits per heavy atom. The molecule has 0 amide bonds. The first-order valence-corrected chi connectivity index (χ1v) is 9.44. The molecule has 1 aliphatic carbocycles. The minimum atomic E-state index is -3.29. The molecule has 0 radical (unpaired) electrons. The van der Waals surface area contributed by atoms with Gasteiger partial charge in [0.1, 0.15) is 0 Å². The fourth-order valence-corrected chi connectivity index (χ4v) is 4.41. The molecule has 112 valence electrons. The number of likely N-dealkylation sites (tertiary alicyclic amines) is 1. The summed E-state index contributed by atoms with van der Waals surface area (Å²) in [6.45, 7) is 3.20. The highest BCUT2D eigenvalue weighted by molar-refractivity contribution is 7.89. The van der Waals surface area contributed by atoms with E-state index in [0.29, 0.717) is 11.8 Å². The Kier molecular flexibility index (Phi) is 5.26. The Morgan fingerprint density at radius 2 is 1.63 bits per heavy atom. The van der Waals surface area contributed by atoms with E-state index in [0.717, 1.165) is 13.1 Å². The van der Waals surface area contributed by atoms with Gasteiger partial charge in [-0.25, -0.2) is 13.6 Å². The second-order valence-electron chi connectivity index (χ2n) is 6.51. The number of nitrogens with two attached hydrogens (primary N) is 1. The van der Waals surface area contributed by atoms with Crippen LogP contribution >= 0.6 is 0 Å². The largest absolute Gasteiger partial charge is 0.303 e. The van der Waals surface area contributed by atoms with Crippen molar-refractivity contribution in [2.75, 3.05) is 25.4 Å². The molecule has 2 rings (SSSR count). The zero-order valence-electron chi connectivity index (χ0n) is 11.9. The zero-order chi connectivity index (χ0) is 13.8. The van der Waals surface area contributed by atoms with Gasteiger partial charge in [0, 0.05) is 6.54 Å². The third kappa shape index (κ3) is 5.04.